The summed E-state index contributed by atoms with van der Waals surface area (Å²) in [5.41, 5.74) is 0.875. The predicted octanol–water partition coefficient (Wildman–Crippen LogP) is 1.59. The fourth-order valence-electron chi connectivity index (χ4n) is 1.27. The maximum atomic E-state index is 12.0. The average molecular weight is 241 g/mol. The van der Waals surface area contributed by atoms with E-state index in [9.17, 15) is 9.18 Å². The second-order valence-electron chi connectivity index (χ2n) is 3.73. The third-order valence-electron chi connectivity index (χ3n) is 2.18. The zero-order valence-electron chi connectivity index (χ0n) is 9.67. The van der Waals surface area contributed by atoms with Gasteiger partial charge in [0, 0.05) is 7.05 Å². The number of nitrogens with zero attached hydrogens (tertiary/aromatic N) is 1. The van der Waals surface area contributed by atoms with Crippen LogP contribution in [0.3, 0.4) is 0 Å². The van der Waals surface area contributed by atoms with Crippen LogP contribution in [0.4, 0.5) is 9.18 Å². The van der Waals surface area contributed by atoms with Crippen LogP contribution in [0.25, 0.3) is 0 Å². The van der Waals surface area contributed by atoms with Crippen LogP contribution >= 0.6 is 0 Å². The van der Waals surface area contributed by atoms with Gasteiger partial charge < -0.3 is 14.7 Å². The summed E-state index contributed by atoms with van der Waals surface area (Å²) >= 11 is 0. The number of aliphatic hydroxyl groups is 1. The molecule has 5 heteroatoms. The zero-order chi connectivity index (χ0) is 12.7. The van der Waals surface area contributed by atoms with Gasteiger partial charge in [0.2, 0.25) is 0 Å². The monoisotopic (exact) mass is 241 g/mol. The minimum absolute atomic E-state index is 0.0792. The average Bonchev–Trinajstić information content (AvgIpc) is 2.36. The SMILES string of the molecule is CN(CC(O)CF)C(=O)OCc1ccccc1. The van der Waals surface area contributed by atoms with E-state index in [0.29, 0.717) is 0 Å². The first kappa shape index (κ1) is 13.4. The molecule has 0 saturated carbocycles. The summed E-state index contributed by atoms with van der Waals surface area (Å²) in [4.78, 5) is 12.6. The van der Waals surface area contributed by atoms with Crippen LogP contribution in [0.1, 0.15) is 5.56 Å². The fourth-order valence-corrected chi connectivity index (χ4v) is 1.27. The van der Waals surface area contributed by atoms with Gasteiger partial charge in [0.05, 0.1) is 12.6 Å². The van der Waals surface area contributed by atoms with Gasteiger partial charge in [-0.3, -0.25) is 0 Å². The summed E-state index contributed by atoms with van der Waals surface area (Å²) in [7, 11) is 1.45. The van der Waals surface area contributed by atoms with Crippen molar-refractivity contribution in [3.63, 3.8) is 0 Å². The Kier molecular flexibility index (Phi) is 5.42. The minimum Gasteiger partial charge on any atom is -0.445 e. The highest BCUT2D eigenvalue weighted by Gasteiger charge is 2.14. The molecule has 0 radical (unpaired) electrons. The van der Waals surface area contributed by atoms with Crippen molar-refractivity contribution in [1.29, 1.82) is 0 Å². The number of hydrogen-bond acceptors (Lipinski definition) is 3. The first-order valence-electron chi connectivity index (χ1n) is 5.29. The van der Waals surface area contributed by atoms with E-state index < -0.39 is 18.9 Å². The Balaban J connectivity index is 2.34. The predicted molar refractivity (Wildman–Crippen MR) is 61.2 cm³/mol. The van der Waals surface area contributed by atoms with Crippen molar-refractivity contribution in [3.05, 3.63) is 35.9 Å². The van der Waals surface area contributed by atoms with E-state index in [1.165, 1.54) is 7.05 Å². The number of ether oxygens (including phenoxy) is 1. The lowest BCUT2D eigenvalue weighted by atomic mass is 10.2. The number of rotatable bonds is 5. The van der Waals surface area contributed by atoms with Gasteiger partial charge in [0.15, 0.2) is 0 Å². The third-order valence-corrected chi connectivity index (χ3v) is 2.18. The van der Waals surface area contributed by atoms with E-state index in [2.05, 4.69) is 0 Å². The molecule has 0 heterocycles. The standard InChI is InChI=1S/C12H16FNO3/c1-14(8-11(15)7-13)12(16)17-9-10-5-3-2-4-6-10/h2-6,11,15H,7-9H2,1H3. The van der Waals surface area contributed by atoms with Gasteiger partial charge in [-0.1, -0.05) is 30.3 Å². The first-order chi connectivity index (χ1) is 8.13. The highest BCUT2D eigenvalue weighted by molar-refractivity contribution is 5.67. The van der Waals surface area contributed by atoms with Crippen LogP contribution in [-0.2, 0) is 11.3 Å². The van der Waals surface area contributed by atoms with E-state index >= 15 is 0 Å². The van der Waals surface area contributed by atoms with E-state index in [0.717, 1.165) is 10.5 Å². The van der Waals surface area contributed by atoms with Crippen LogP contribution in [0.15, 0.2) is 30.3 Å². The number of likely N-dealkylation sites (N-methyl/N-ethyl adjacent to an activating group) is 1. The fraction of sp³-hybridized carbons (Fsp3) is 0.417. The summed E-state index contributed by atoms with van der Waals surface area (Å²) in [6.45, 7) is -0.795. The molecule has 1 rings (SSSR count). The molecule has 1 N–H and O–H groups in total. The second kappa shape index (κ2) is 6.85. The molecule has 4 nitrogen and oxygen atoms in total. The van der Waals surface area contributed by atoms with Gasteiger partial charge in [-0.2, -0.15) is 0 Å². The Hall–Kier alpha value is -1.62. The summed E-state index contributed by atoms with van der Waals surface area (Å²) in [6.07, 6.45) is -1.74. The number of carbonyl (C=O) groups excluding carboxylic acids is 1. The van der Waals surface area contributed by atoms with Gasteiger partial charge in [-0.25, -0.2) is 9.18 Å². The number of hydrogen-bond donors (Lipinski definition) is 1. The highest BCUT2D eigenvalue weighted by atomic mass is 19.1. The molecule has 0 saturated heterocycles. The van der Waals surface area contributed by atoms with Gasteiger partial charge in [0.1, 0.15) is 13.3 Å². The largest absolute Gasteiger partial charge is 0.445 e. The molecule has 0 bridgehead atoms. The molecule has 1 atom stereocenters. The van der Waals surface area contributed by atoms with E-state index in [4.69, 9.17) is 9.84 Å². The molecule has 0 aliphatic carbocycles. The van der Waals surface area contributed by atoms with E-state index in [-0.39, 0.29) is 13.2 Å². The normalized spacial score (nSPS) is 11.9. The summed E-state index contributed by atoms with van der Waals surface area (Å²) in [6, 6.07) is 9.24. The van der Waals surface area contributed by atoms with Gasteiger partial charge in [0.25, 0.3) is 0 Å². The number of aliphatic hydroxyl groups excluding tert-OH is 1. The smallest absolute Gasteiger partial charge is 0.409 e. The third kappa shape index (κ3) is 4.82. The van der Waals surface area contributed by atoms with Gasteiger partial charge >= 0.3 is 6.09 Å². The molecule has 1 aromatic rings. The van der Waals surface area contributed by atoms with Gasteiger partial charge in [-0.15, -0.1) is 0 Å². The lowest BCUT2D eigenvalue weighted by molar-refractivity contribution is 0.0698. The van der Waals surface area contributed by atoms with Crippen molar-refractivity contribution in [1.82, 2.24) is 4.90 Å². The molecule has 1 aromatic carbocycles. The second-order valence-corrected chi connectivity index (χ2v) is 3.73. The van der Waals surface area contributed by atoms with Crippen LogP contribution in [-0.4, -0.2) is 42.5 Å². The Morgan fingerprint density at radius 2 is 2.12 bits per heavy atom. The molecule has 1 unspecified atom stereocenters. The molecule has 0 fully saturated rings. The summed E-state index contributed by atoms with van der Waals surface area (Å²) in [5, 5.41) is 9.04. The van der Waals surface area contributed by atoms with Crippen molar-refractivity contribution in [2.75, 3.05) is 20.3 Å². The van der Waals surface area contributed by atoms with E-state index in [1.807, 2.05) is 30.3 Å². The molecule has 94 valence electrons. The lowest BCUT2D eigenvalue weighted by Crippen LogP contribution is -2.35. The number of alkyl halides is 1. The summed E-state index contributed by atoms with van der Waals surface area (Å²) < 4.78 is 17.0. The molecular formula is C12H16FNO3. The van der Waals surface area contributed by atoms with Crippen LogP contribution in [0, 0.1) is 0 Å². The van der Waals surface area contributed by atoms with Crippen molar-refractivity contribution >= 4 is 6.09 Å². The van der Waals surface area contributed by atoms with Crippen molar-refractivity contribution in [3.8, 4) is 0 Å². The topological polar surface area (TPSA) is 49.8 Å². The van der Waals surface area contributed by atoms with Crippen LogP contribution < -0.4 is 0 Å². The number of halogens is 1. The van der Waals surface area contributed by atoms with Crippen molar-refractivity contribution < 1.29 is 19.0 Å². The Morgan fingerprint density at radius 3 is 2.71 bits per heavy atom. The van der Waals surface area contributed by atoms with Crippen LogP contribution in [0.5, 0.6) is 0 Å². The number of carbonyl (C=O) groups is 1. The molecular weight excluding hydrogens is 225 g/mol. The Labute approximate surface area is 99.6 Å². The molecule has 0 spiro atoms. The quantitative estimate of drug-likeness (QED) is 0.851. The van der Waals surface area contributed by atoms with Gasteiger partial charge in [-0.05, 0) is 5.56 Å². The number of benzene rings is 1. The molecule has 0 aliphatic rings. The zero-order valence-corrected chi connectivity index (χ0v) is 9.67. The molecule has 0 aromatic heterocycles. The maximum Gasteiger partial charge on any atom is 0.409 e. The molecule has 17 heavy (non-hydrogen) atoms. The molecule has 0 aliphatic heterocycles. The van der Waals surface area contributed by atoms with Crippen molar-refractivity contribution in [2.45, 2.75) is 12.7 Å². The minimum atomic E-state index is -1.16. The highest BCUT2D eigenvalue weighted by Crippen LogP contribution is 2.02. The Bertz CT molecular complexity index is 345. The summed E-state index contributed by atoms with van der Waals surface area (Å²) in [5.74, 6) is 0. The van der Waals surface area contributed by atoms with Crippen molar-refractivity contribution in [2.24, 2.45) is 0 Å². The van der Waals surface area contributed by atoms with E-state index in [1.54, 1.807) is 0 Å². The first-order valence-corrected chi connectivity index (χ1v) is 5.29. The molecule has 1 amide bonds. The number of amides is 1. The Morgan fingerprint density at radius 1 is 1.47 bits per heavy atom. The van der Waals surface area contributed by atoms with Crippen LogP contribution in [0.2, 0.25) is 0 Å². The lowest BCUT2D eigenvalue weighted by Gasteiger charge is -2.18. The maximum absolute atomic E-state index is 12.0.